The molecule has 0 fully saturated rings. The minimum atomic E-state index is -0.686. The second-order valence-electron chi connectivity index (χ2n) is 4.81. The average Bonchev–Trinajstić information content (AvgIpc) is 1.99. The SMILES string of the molecule is C[C@H]1C=CCC(C)(C)[C@]1(C)C(=O)O. The van der Waals surface area contributed by atoms with Gasteiger partial charge < -0.3 is 5.11 Å². The average molecular weight is 182 g/mol. The Morgan fingerprint density at radius 1 is 1.46 bits per heavy atom. The molecule has 0 spiro atoms. The van der Waals surface area contributed by atoms with Crippen LogP contribution in [0, 0.1) is 16.7 Å². The highest BCUT2D eigenvalue weighted by molar-refractivity contribution is 5.76. The van der Waals surface area contributed by atoms with Crippen molar-refractivity contribution in [1.82, 2.24) is 0 Å². The van der Waals surface area contributed by atoms with Crippen LogP contribution in [0.5, 0.6) is 0 Å². The van der Waals surface area contributed by atoms with Gasteiger partial charge in [-0.1, -0.05) is 32.9 Å². The molecule has 2 heteroatoms. The second kappa shape index (κ2) is 2.86. The van der Waals surface area contributed by atoms with E-state index in [2.05, 4.69) is 6.08 Å². The first-order chi connectivity index (χ1) is 5.82. The van der Waals surface area contributed by atoms with E-state index in [1.54, 1.807) is 0 Å². The number of aliphatic carboxylic acids is 1. The van der Waals surface area contributed by atoms with Crippen molar-refractivity contribution in [1.29, 1.82) is 0 Å². The van der Waals surface area contributed by atoms with Gasteiger partial charge in [-0.15, -0.1) is 0 Å². The van der Waals surface area contributed by atoms with Crippen LogP contribution in [0.15, 0.2) is 12.2 Å². The Morgan fingerprint density at radius 3 is 2.31 bits per heavy atom. The van der Waals surface area contributed by atoms with Gasteiger partial charge in [-0.3, -0.25) is 4.79 Å². The summed E-state index contributed by atoms with van der Waals surface area (Å²) in [6.07, 6.45) is 4.95. The van der Waals surface area contributed by atoms with Crippen LogP contribution in [0.2, 0.25) is 0 Å². The predicted molar refractivity (Wildman–Crippen MR) is 52.4 cm³/mol. The number of hydrogen-bond acceptors (Lipinski definition) is 1. The molecule has 0 bridgehead atoms. The third-order valence-electron chi connectivity index (χ3n) is 3.81. The lowest BCUT2D eigenvalue weighted by Gasteiger charge is -2.46. The van der Waals surface area contributed by atoms with Crippen molar-refractivity contribution in [2.75, 3.05) is 0 Å². The fourth-order valence-electron chi connectivity index (χ4n) is 2.07. The lowest BCUT2D eigenvalue weighted by Crippen LogP contribution is -2.47. The predicted octanol–water partition coefficient (Wildman–Crippen LogP) is 2.70. The van der Waals surface area contributed by atoms with E-state index in [4.69, 9.17) is 0 Å². The zero-order valence-corrected chi connectivity index (χ0v) is 8.79. The lowest BCUT2D eigenvalue weighted by atomic mass is 9.56. The van der Waals surface area contributed by atoms with Crippen molar-refractivity contribution >= 4 is 5.97 Å². The molecule has 1 rings (SSSR count). The molecule has 1 aliphatic rings. The van der Waals surface area contributed by atoms with E-state index < -0.39 is 11.4 Å². The molecule has 0 saturated carbocycles. The Balaban J connectivity index is 3.16. The Bertz CT molecular complexity index is 253. The summed E-state index contributed by atoms with van der Waals surface area (Å²) in [6.45, 7) is 7.89. The van der Waals surface area contributed by atoms with Gasteiger partial charge in [0.15, 0.2) is 0 Å². The molecule has 0 aromatic rings. The van der Waals surface area contributed by atoms with E-state index in [0.717, 1.165) is 6.42 Å². The maximum atomic E-state index is 11.3. The number of carboxylic acid groups (broad SMARTS) is 1. The zero-order valence-electron chi connectivity index (χ0n) is 8.79. The van der Waals surface area contributed by atoms with Crippen LogP contribution in [0.4, 0.5) is 0 Å². The normalized spacial score (nSPS) is 37.4. The molecule has 74 valence electrons. The number of hydrogen-bond donors (Lipinski definition) is 1. The largest absolute Gasteiger partial charge is 0.481 e. The van der Waals surface area contributed by atoms with Gasteiger partial charge >= 0.3 is 5.97 Å². The maximum absolute atomic E-state index is 11.3. The molecule has 0 saturated heterocycles. The summed E-state index contributed by atoms with van der Waals surface area (Å²) in [5, 5.41) is 9.27. The Labute approximate surface area is 79.6 Å². The summed E-state index contributed by atoms with van der Waals surface area (Å²) in [5.74, 6) is -0.580. The molecule has 2 nitrogen and oxygen atoms in total. The highest BCUT2D eigenvalue weighted by Crippen LogP contribution is 2.50. The van der Waals surface area contributed by atoms with E-state index >= 15 is 0 Å². The van der Waals surface area contributed by atoms with E-state index in [1.807, 2.05) is 33.8 Å². The molecule has 0 unspecified atom stereocenters. The second-order valence-corrected chi connectivity index (χ2v) is 4.81. The zero-order chi connectivity index (χ0) is 10.3. The van der Waals surface area contributed by atoms with Gasteiger partial charge in [0.05, 0.1) is 5.41 Å². The van der Waals surface area contributed by atoms with Crippen molar-refractivity contribution < 1.29 is 9.90 Å². The van der Waals surface area contributed by atoms with Crippen LogP contribution in [-0.2, 0) is 4.79 Å². The van der Waals surface area contributed by atoms with Crippen LogP contribution < -0.4 is 0 Å². The topological polar surface area (TPSA) is 37.3 Å². The quantitative estimate of drug-likeness (QED) is 0.633. The fraction of sp³-hybridized carbons (Fsp3) is 0.727. The van der Waals surface area contributed by atoms with Crippen LogP contribution in [0.25, 0.3) is 0 Å². The molecular formula is C11H18O2. The van der Waals surface area contributed by atoms with Gasteiger partial charge in [-0.2, -0.15) is 0 Å². The third-order valence-corrected chi connectivity index (χ3v) is 3.81. The molecule has 1 aliphatic carbocycles. The summed E-state index contributed by atoms with van der Waals surface area (Å²) in [6, 6.07) is 0. The smallest absolute Gasteiger partial charge is 0.310 e. The summed E-state index contributed by atoms with van der Waals surface area (Å²) in [4.78, 5) is 11.3. The number of carboxylic acids is 1. The van der Waals surface area contributed by atoms with E-state index in [0.29, 0.717) is 0 Å². The van der Waals surface area contributed by atoms with Crippen LogP contribution in [0.3, 0.4) is 0 Å². The number of rotatable bonds is 1. The molecule has 1 N–H and O–H groups in total. The van der Waals surface area contributed by atoms with Gasteiger partial charge in [0.25, 0.3) is 0 Å². The van der Waals surface area contributed by atoms with Crippen molar-refractivity contribution in [3.05, 3.63) is 12.2 Å². The molecule has 2 atom stereocenters. The van der Waals surface area contributed by atoms with E-state index in [1.165, 1.54) is 0 Å². The van der Waals surface area contributed by atoms with Crippen molar-refractivity contribution in [2.24, 2.45) is 16.7 Å². The standard InChI is InChI=1S/C11H18O2/c1-8-6-5-7-10(2,3)11(8,4)9(12)13/h5-6,8H,7H2,1-4H3,(H,12,13)/t8-,11-/m0/s1. The summed E-state index contributed by atoms with van der Waals surface area (Å²) < 4.78 is 0. The fourth-order valence-corrected chi connectivity index (χ4v) is 2.07. The number of allylic oxidation sites excluding steroid dienone is 2. The Hall–Kier alpha value is -0.790. The van der Waals surface area contributed by atoms with E-state index in [9.17, 15) is 9.90 Å². The van der Waals surface area contributed by atoms with Crippen LogP contribution in [0.1, 0.15) is 34.1 Å². The Morgan fingerprint density at radius 2 is 2.00 bits per heavy atom. The van der Waals surface area contributed by atoms with Crippen molar-refractivity contribution in [3.8, 4) is 0 Å². The highest BCUT2D eigenvalue weighted by atomic mass is 16.4. The molecule has 0 heterocycles. The summed E-state index contributed by atoms with van der Waals surface area (Å²) in [7, 11) is 0. The van der Waals surface area contributed by atoms with Crippen molar-refractivity contribution in [3.63, 3.8) is 0 Å². The van der Waals surface area contributed by atoms with Gasteiger partial charge in [-0.25, -0.2) is 0 Å². The molecule has 0 aromatic carbocycles. The third kappa shape index (κ3) is 1.28. The lowest BCUT2D eigenvalue weighted by molar-refractivity contribution is -0.159. The molecular weight excluding hydrogens is 164 g/mol. The van der Waals surface area contributed by atoms with Crippen LogP contribution in [-0.4, -0.2) is 11.1 Å². The van der Waals surface area contributed by atoms with Gasteiger partial charge in [0.2, 0.25) is 0 Å². The first kappa shape index (κ1) is 10.3. The summed E-state index contributed by atoms with van der Waals surface area (Å²) >= 11 is 0. The molecule has 0 amide bonds. The van der Waals surface area contributed by atoms with Gasteiger partial charge in [-0.05, 0) is 24.7 Å². The Kier molecular flexibility index (Phi) is 2.27. The van der Waals surface area contributed by atoms with Gasteiger partial charge in [0.1, 0.15) is 0 Å². The van der Waals surface area contributed by atoms with Gasteiger partial charge in [0, 0.05) is 0 Å². The first-order valence-corrected chi connectivity index (χ1v) is 4.72. The van der Waals surface area contributed by atoms with Crippen LogP contribution >= 0.6 is 0 Å². The molecule has 13 heavy (non-hydrogen) atoms. The molecule has 0 aromatic heterocycles. The van der Waals surface area contributed by atoms with Crippen molar-refractivity contribution in [2.45, 2.75) is 34.1 Å². The first-order valence-electron chi connectivity index (χ1n) is 4.72. The minimum absolute atomic E-state index is 0.105. The molecule has 0 radical (unpaired) electrons. The maximum Gasteiger partial charge on any atom is 0.310 e. The highest BCUT2D eigenvalue weighted by Gasteiger charge is 2.51. The minimum Gasteiger partial charge on any atom is -0.481 e. The monoisotopic (exact) mass is 182 g/mol. The van der Waals surface area contributed by atoms with E-state index in [-0.39, 0.29) is 11.3 Å². The summed E-state index contributed by atoms with van der Waals surface area (Å²) in [5.41, 5.74) is -0.797. The molecule has 0 aliphatic heterocycles. The number of carbonyl (C=O) groups is 1.